The topological polar surface area (TPSA) is 82.7 Å². The van der Waals surface area contributed by atoms with Gasteiger partial charge in [0.25, 0.3) is 0 Å². The first-order chi connectivity index (χ1) is 18.5. The maximum Gasteiger partial charge on any atom is 0.169 e. The molecule has 3 aliphatic carbocycles. The molecule has 2 aromatic rings. The van der Waals surface area contributed by atoms with Crippen molar-refractivity contribution in [2.75, 3.05) is 4.43 Å². The van der Waals surface area contributed by atoms with E-state index in [2.05, 4.69) is 106 Å². The molecule has 7 heteroatoms. The molecular weight excluding hydrogens is 841 g/mol. The second kappa shape index (κ2) is 18.8. The van der Waals surface area contributed by atoms with Crippen LogP contribution in [0.1, 0.15) is 93.3 Å². The SMILES string of the molecule is CC(=O)C[C@@]1(C)CCCc2ccccc2C1=O.CC(I)I.CCI.O.O=C1C=C2c3ccccc3CCCC2C1. The van der Waals surface area contributed by atoms with E-state index in [9.17, 15) is 14.4 Å². The monoisotopic (exact) mass is 884 g/mol. The van der Waals surface area contributed by atoms with Crippen LogP contribution in [0.5, 0.6) is 0 Å². The molecule has 4 nitrogen and oxygen atoms in total. The van der Waals surface area contributed by atoms with Crippen molar-refractivity contribution < 1.29 is 19.9 Å². The first kappa shape index (κ1) is 37.4. The number of halogens is 3. The molecule has 40 heavy (non-hydrogen) atoms. The fourth-order valence-electron chi connectivity index (χ4n) is 5.60. The number of hydrogen-bond acceptors (Lipinski definition) is 3. The van der Waals surface area contributed by atoms with E-state index in [4.69, 9.17) is 0 Å². The molecule has 0 saturated heterocycles. The van der Waals surface area contributed by atoms with Gasteiger partial charge < -0.3 is 5.48 Å². The summed E-state index contributed by atoms with van der Waals surface area (Å²) >= 11 is 6.95. The third-order valence-corrected chi connectivity index (χ3v) is 7.15. The molecule has 0 saturated carbocycles. The molecule has 0 fully saturated rings. The fraction of sp³-hybridized carbons (Fsp3) is 0.485. The van der Waals surface area contributed by atoms with Gasteiger partial charge in [-0.2, -0.15) is 0 Å². The number of alkyl halides is 3. The summed E-state index contributed by atoms with van der Waals surface area (Å²) in [6.45, 7) is 7.75. The Kier molecular flexibility index (Phi) is 17.6. The number of aryl methyl sites for hydroxylation is 2. The number of carbonyl (C=O) groups is 3. The second-order valence-electron chi connectivity index (χ2n) is 10.6. The Morgan fingerprint density at radius 2 is 1.48 bits per heavy atom. The smallest absolute Gasteiger partial charge is 0.169 e. The lowest BCUT2D eigenvalue weighted by atomic mass is 9.76. The summed E-state index contributed by atoms with van der Waals surface area (Å²) in [7, 11) is 0. The van der Waals surface area contributed by atoms with Gasteiger partial charge in [-0.25, -0.2) is 0 Å². The van der Waals surface area contributed by atoms with Crippen molar-refractivity contribution in [2.45, 2.75) is 81.0 Å². The highest BCUT2D eigenvalue weighted by Gasteiger charge is 2.37. The minimum Gasteiger partial charge on any atom is -0.412 e. The summed E-state index contributed by atoms with van der Waals surface area (Å²) in [6, 6.07) is 16.3. The Hall–Kier alpha value is -0.660. The molecule has 1 unspecified atom stereocenters. The van der Waals surface area contributed by atoms with Gasteiger partial charge in [0, 0.05) is 23.8 Å². The molecule has 0 radical (unpaired) electrons. The number of allylic oxidation sites excluding steroid dienone is 2. The van der Waals surface area contributed by atoms with Gasteiger partial charge in [0.1, 0.15) is 5.78 Å². The summed E-state index contributed by atoms with van der Waals surface area (Å²) in [6.07, 6.45) is 9.25. The van der Waals surface area contributed by atoms with Gasteiger partial charge in [-0.3, -0.25) is 14.4 Å². The van der Waals surface area contributed by atoms with Crippen LogP contribution in [0, 0.1) is 11.3 Å². The van der Waals surface area contributed by atoms with Crippen molar-refractivity contribution in [2.24, 2.45) is 11.3 Å². The summed E-state index contributed by atoms with van der Waals surface area (Å²) in [5.74, 6) is 1.05. The number of Topliss-reactive ketones (excluding diaryl/α,β-unsaturated/α-hetero) is 2. The third-order valence-electron chi connectivity index (χ3n) is 7.15. The molecular formula is C33H43I3O4. The van der Waals surface area contributed by atoms with Gasteiger partial charge in [-0.05, 0) is 91.1 Å². The molecule has 3 aliphatic rings. The van der Waals surface area contributed by atoms with Crippen molar-refractivity contribution in [3.63, 3.8) is 0 Å². The zero-order valence-corrected chi connectivity index (χ0v) is 30.5. The van der Waals surface area contributed by atoms with Gasteiger partial charge in [0.2, 0.25) is 0 Å². The molecule has 0 aromatic heterocycles. The van der Waals surface area contributed by atoms with Crippen LogP contribution in [0.15, 0.2) is 54.6 Å². The Morgan fingerprint density at radius 3 is 2.05 bits per heavy atom. The Morgan fingerprint density at radius 1 is 0.975 bits per heavy atom. The molecule has 0 bridgehead atoms. The van der Waals surface area contributed by atoms with E-state index in [1.54, 1.807) is 6.92 Å². The van der Waals surface area contributed by atoms with Crippen molar-refractivity contribution in [1.82, 2.24) is 0 Å². The van der Waals surface area contributed by atoms with Crippen LogP contribution in [0.3, 0.4) is 0 Å². The minimum atomic E-state index is -0.502. The van der Waals surface area contributed by atoms with Crippen LogP contribution < -0.4 is 0 Å². The standard InChI is InChI=1S/C15H18O2.C14H14O.C2H4I2.C2H5I.H2O/c1-11(16)10-15(2)9-5-7-12-6-3-4-8-13(12)14(15)17;15-12-8-11-6-3-5-10-4-1-2-7-13(10)14(11)9-12;1-2(3)4;1-2-3;/h3-4,6,8H,5,7,9-10H2,1-2H3;1-2,4,7,9,11H,3,5-6,8H2;2H,1H3;2H2,1H3;1H2/t15-;;;;/m1..../s1. The van der Waals surface area contributed by atoms with Gasteiger partial charge in [-0.1, -0.05) is 130 Å². The fourth-order valence-corrected chi connectivity index (χ4v) is 5.60. The maximum absolute atomic E-state index is 12.5. The molecule has 5 rings (SSSR count). The Labute approximate surface area is 281 Å². The van der Waals surface area contributed by atoms with Crippen molar-refractivity contribution >= 4 is 90.7 Å². The number of carbonyl (C=O) groups excluding carboxylic acids is 3. The number of hydrogen-bond donors (Lipinski definition) is 0. The van der Waals surface area contributed by atoms with Crippen molar-refractivity contribution in [1.29, 1.82) is 0 Å². The normalized spacial score (nSPS) is 20.6. The summed E-state index contributed by atoms with van der Waals surface area (Å²) in [5.41, 5.74) is 5.48. The van der Waals surface area contributed by atoms with E-state index in [1.807, 2.05) is 37.3 Å². The highest BCUT2D eigenvalue weighted by Crippen LogP contribution is 2.40. The van der Waals surface area contributed by atoms with E-state index in [1.165, 1.54) is 34.0 Å². The number of benzene rings is 2. The molecule has 0 amide bonds. The van der Waals surface area contributed by atoms with Crippen LogP contribution in [0.2, 0.25) is 0 Å². The number of rotatable bonds is 2. The van der Waals surface area contributed by atoms with E-state index in [0.717, 1.165) is 45.2 Å². The third kappa shape index (κ3) is 11.6. The average molecular weight is 884 g/mol. The lowest BCUT2D eigenvalue weighted by Crippen LogP contribution is -2.29. The molecule has 2 atom stereocenters. The zero-order valence-electron chi connectivity index (χ0n) is 24.1. The average Bonchev–Trinajstić information content (AvgIpc) is 3.08. The lowest BCUT2D eigenvalue weighted by Gasteiger charge is -2.25. The highest BCUT2D eigenvalue weighted by molar-refractivity contribution is 14.2. The lowest BCUT2D eigenvalue weighted by molar-refractivity contribution is -0.118. The van der Waals surface area contributed by atoms with Gasteiger partial charge in [-0.15, -0.1) is 0 Å². The predicted octanol–water partition coefficient (Wildman–Crippen LogP) is 9.01. The maximum atomic E-state index is 12.5. The highest BCUT2D eigenvalue weighted by atomic mass is 127. The van der Waals surface area contributed by atoms with Crippen LogP contribution in [-0.2, 0) is 22.4 Å². The van der Waals surface area contributed by atoms with Crippen LogP contribution in [0.25, 0.3) is 5.57 Å². The Balaban J connectivity index is 0.000000320. The van der Waals surface area contributed by atoms with E-state index in [-0.39, 0.29) is 17.0 Å². The molecule has 2 aromatic carbocycles. The quantitative estimate of drug-likeness (QED) is 0.172. The predicted molar refractivity (Wildman–Crippen MR) is 193 cm³/mol. The van der Waals surface area contributed by atoms with Crippen molar-refractivity contribution in [3.8, 4) is 0 Å². The van der Waals surface area contributed by atoms with E-state index >= 15 is 0 Å². The van der Waals surface area contributed by atoms with Crippen molar-refractivity contribution in [3.05, 3.63) is 76.9 Å². The van der Waals surface area contributed by atoms with Crippen LogP contribution in [-0.4, -0.2) is 29.2 Å². The summed E-state index contributed by atoms with van der Waals surface area (Å²) in [5, 5.41) is 0. The second-order valence-corrected chi connectivity index (χ2v) is 18.2. The largest absolute Gasteiger partial charge is 0.412 e. The van der Waals surface area contributed by atoms with Gasteiger partial charge in [0.15, 0.2) is 11.6 Å². The molecule has 2 N–H and O–H groups in total. The minimum absolute atomic E-state index is 0. The first-order valence-corrected chi connectivity index (χ1v) is 17.8. The molecule has 0 aliphatic heterocycles. The molecule has 220 valence electrons. The zero-order chi connectivity index (χ0) is 29.0. The van der Waals surface area contributed by atoms with Gasteiger partial charge >= 0.3 is 0 Å². The van der Waals surface area contributed by atoms with Gasteiger partial charge in [0.05, 0.1) is 1.93 Å². The number of ketones is 3. The summed E-state index contributed by atoms with van der Waals surface area (Å²) in [4.78, 5) is 35.3. The van der Waals surface area contributed by atoms with E-state index < -0.39 is 5.41 Å². The summed E-state index contributed by atoms with van der Waals surface area (Å²) < 4.78 is 1.99. The van der Waals surface area contributed by atoms with Crippen LogP contribution >= 0.6 is 67.8 Å². The Bertz CT molecular complexity index is 1160. The van der Waals surface area contributed by atoms with Crippen LogP contribution in [0.4, 0.5) is 0 Å². The molecule has 0 heterocycles. The van der Waals surface area contributed by atoms with E-state index in [0.29, 0.717) is 18.1 Å². The number of fused-ring (bicyclic) bond motifs is 4. The molecule has 0 spiro atoms. The first-order valence-electron chi connectivity index (χ1n) is 13.8.